The van der Waals surface area contributed by atoms with Gasteiger partial charge in [-0.3, -0.25) is 0 Å². The second kappa shape index (κ2) is 6.18. The summed E-state index contributed by atoms with van der Waals surface area (Å²) in [5.74, 6) is -0.339. The number of rotatable bonds is 4. The smallest absolute Gasteiger partial charge is 0.146 e. The van der Waals surface area contributed by atoms with Crippen molar-refractivity contribution in [3.05, 3.63) is 70.0 Å². The lowest BCUT2D eigenvalue weighted by Crippen LogP contribution is -2.19. The Hall–Kier alpha value is -1.38. The summed E-state index contributed by atoms with van der Waals surface area (Å²) in [4.78, 5) is 0. The van der Waals surface area contributed by atoms with Crippen molar-refractivity contribution in [2.24, 2.45) is 0 Å². The molecule has 0 aliphatic rings. The Morgan fingerprint density at radius 2 is 1.89 bits per heavy atom. The summed E-state index contributed by atoms with van der Waals surface area (Å²) in [7, 11) is 0. The van der Waals surface area contributed by atoms with Crippen LogP contribution >= 0.6 is 11.6 Å². The van der Waals surface area contributed by atoms with Gasteiger partial charge in [0.2, 0.25) is 0 Å². The summed E-state index contributed by atoms with van der Waals surface area (Å²) in [6.45, 7) is 4.61. The molecule has 0 heterocycles. The first-order valence-corrected chi connectivity index (χ1v) is 6.69. The van der Waals surface area contributed by atoms with Crippen LogP contribution in [0, 0.1) is 12.7 Å². The molecule has 1 N–H and O–H groups in total. The topological polar surface area (TPSA) is 12.0 Å². The van der Waals surface area contributed by atoms with E-state index in [1.807, 2.05) is 12.1 Å². The Morgan fingerprint density at radius 1 is 1.16 bits per heavy atom. The largest absolute Gasteiger partial charge is 0.306 e. The van der Waals surface area contributed by atoms with Crippen molar-refractivity contribution in [1.29, 1.82) is 0 Å². The van der Waals surface area contributed by atoms with Crippen LogP contribution in [0.5, 0.6) is 0 Å². The van der Waals surface area contributed by atoms with Gasteiger partial charge in [-0.15, -0.1) is 0 Å². The van der Waals surface area contributed by atoms with Crippen LogP contribution in [0.2, 0.25) is 5.02 Å². The lowest BCUT2D eigenvalue weighted by Gasteiger charge is -2.17. The molecule has 0 bridgehead atoms. The molecule has 1 unspecified atom stereocenters. The average molecular weight is 278 g/mol. The molecule has 100 valence electrons. The Bertz CT molecular complexity index is 568. The molecule has 19 heavy (non-hydrogen) atoms. The van der Waals surface area contributed by atoms with Crippen LogP contribution in [0.4, 0.5) is 4.39 Å². The van der Waals surface area contributed by atoms with Crippen molar-refractivity contribution in [2.75, 3.05) is 0 Å². The first kappa shape index (κ1) is 14.0. The van der Waals surface area contributed by atoms with Gasteiger partial charge in [-0.1, -0.05) is 48.0 Å². The van der Waals surface area contributed by atoms with Gasteiger partial charge in [0.15, 0.2) is 0 Å². The molecule has 0 radical (unpaired) electrons. The molecular weight excluding hydrogens is 261 g/mol. The third-order valence-corrected chi connectivity index (χ3v) is 3.58. The standard InChI is InChI=1S/C16H17ClFN/c1-11-6-3-4-8-14(11)12(2)19-10-13-7-5-9-15(17)16(13)18/h3-9,12,19H,10H2,1-2H3. The highest BCUT2D eigenvalue weighted by Crippen LogP contribution is 2.20. The van der Waals surface area contributed by atoms with E-state index in [4.69, 9.17) is 11.6 Å². The highest BCUT2D eigenvalue weighted by Gasteiger charge is 2.10. The fourth-order valence-electron chi connectivity index (χ4n) is 2.13. The number of aryl methyl sites for hydroxylation is 1. The van der Waals surface area contributed by atoms with Crippen LogP contribution in [0.1, 0.15) is 29.7 Å². The number of hydrogen-bond acceptors (Lipinski definition) is 1. The number of benzene rings is 2. The maximum absolute atomic E-state index is 13.8. The molecular formula is C16H17ClFN. The highest BCUT2D eigenvalue weighted by molar-refractivity contribution is 6.30. The summed E-state index contributed by atoms with van der Waals surface area (Å²) in [6, 6.07) is 13.4. The van der Waals surface area contributed by atoms with Crippen LogP contribution in [0.25, 0.3) is 0 Å². The zero-order valence-corrected chi connectivity index (χ0v) is 11.8. The molecule has 1 atom stereocenters. The van der Waals surface area contributed by atoms with Gasteiger partial charge >= 0.3 is 0 Å². The van der Waals surface area contributed by atoms with Gasteiger partial charge in [-0.2, -0.15) is 0 Å². The fourth-order valence-corrected chi connectivity index (χ4v) is 2.32. The van der Waals surface area contributed by atoms with E-state index < -0.39 is 0 Å². The van der Waals surface area contributed by atoms with Gasteiger partial charge in [0.05, 0.1) is 5.02 Å². The molecule has 0 saturated carbocycles. The van der Waals surface area contributed by atoms with Gasteiger partial charge in [-0.25, -0.2) is 4.39 Å². The molecule has 3 heteroatoms. The molecule has 1 nitrogen and oxygen atoms in total. The van der Waals surface area contributed by atoms with Crippen molar-refractivity contribution >= 4 is 11.6 Å². The van der Waals surface area contributed by atoms with E-state index in [9.17, 15) is 4.39 Å². The van der Waals surface area contributed by atoms with Crippen LogP contribution in [-0.4, -0.2) is 0 Å². The predicted molar refractivity (Wildman–Crippen MR) is 77.8 cm³/mol. The number of hydrogen-bond donors (Lipinski definition) is 1. The zero-order valence-electron chi connectivity index (χ0n) is 11.1. The maximum Gasteiger partial charge on any atom is 0.146 e. The van der Waals surface area contributed by atoms with E-state index >= 15 is 0 Å². The minimum atomic E-state index is -0.339. The minimum Gasteiger partial charge on any atom is -0.306 e. The van der Waals surface area contributed by atoms with E-state index in [0.717, 1.165) is 0 Å². The monoisotopic (exact) mass is 277 g/mol. The third-order valence-electron chi connectivity index (χ3n) is 3.29. The molecule has 2 aromatic rings. The SMILES string of the molecule is Cc1ccccc1C(C)NCc1cccc(Cl)c1F. The quantitative estimate of drug-likeness (QED) is 0.858. The molecule has 0 aromatic heterocycles. The molecule has 0 aliphatic carbocycles. The maximum atomic E-state index is 13.8. The van der Waals surface area contributed by atoms with Crippen LogP contribution in [0.3, 0.4) is 0 Å². The lowest BCUT2D eigenvalue weighted by atomic mass is 10.0. The third kappa shape index (κ3) is 3.34. The summed E-state index contributed by atoms with van der Waals surface area (Å²) >= 11 is 5.77. The zero-order chi connectivity index (χ0) is 13.8. The van der Waals surface area contributed by atoms with Gasteiger partial charge in [0.25, 0.3) is 0 Å². The predicted octanol–water partition coefficient (Wildman–Crippen LogP) is 4.64. The second-order valence-electron chi connectivity index (χ2n) is 4.67. The molecule has 0 aliphatic heterocycles. The van der Waals surface area contributed by atoms with Crippen LogP contribution < -0.4 is 5.32 Å². The Labute approximate surface area is 118 Å². The first-order valence-electron chi connectivity index (χ1n) is 6.31. The van der Waals surface area contributed by atoms with E-state index in [1.165, 1.54) is 11.1 Å². The van der Waals surface area contributed by atoms with Gasteiger partial charge in [0.1, 0.15) is 5.82 Å². The van der Waals surface area contributed by atoms with Crippen molar-refractivity contribution < 1.29 is 4.39 Å². The molecule has 2 rings (SSSR count). The minimum absolute atomic E-state index is 0.166. The molecule has 2 aromatic carbocycles. The van der Waals surface area contributed by atoms with E-state index in [1.54, 1.807) is 18.2 Å². The van der Waals surface area contributed by atoms with E-state index in [-0.39, 0.29) is 16.9 Å². The normalized spacial score (nSPS) is 12.4. The fraction of sp³-hybridized carbons (Fsp3) is 0.250. The summed E-state index contributed by atoms with van der Waals surface area (Å²) in [5.41, 5.74) is 3.05. The van der Waals surface area contributed by atoms with Gasteiger partial charge in [0, 0.05) is 18.2 Å². The van der Waals surface area contributed by atoms with E-state index in [2.05, 4.69) is 31.3 Å². The van der Waals surface area contributed by atoms with Crippen molar-refractivity contribution in [1.82, 2.24) is 5.32 Å². The van der Waals surface area contributed by atoms with Crippen LogP contribution in [-0.2, 0) is 6.54 Å². The molecule has 0 spiro atoms. The summed E-state index contributed by atoms with van der Waals surface area (Å²) < 4.78 is 13.8. The summed E-state index contributed by atoms with van der Waals surface area (Å²) in [6.07, 6.45) is 0. The Balaban J connectivity index is 2.07. The van der Waals surface area contributed by atoms with Crippen molar-refractivity contribution in [3.63, 3.8) is 0 Å². The Kier molecular flexibility index (Phi) is 4.56. The number of halogens is 2. The van der Waals surface area contributed by atoms with Crippen molar-refractivity contribution in [3.8, 4) is 0 Å². The lowest BCUT2D eigenvalue weighted by molar-refractivity contribution is 0.543. The number of nitrogens with one attached hydrogen (secondary N) is 1. The molecule has 0 saturated heterocycles. The second-order valence-corrected chi connectivity index (χ2v) is 5.08. The van der Waals surface area contributed by atoms with E-state index in [0.29, 0.717) is 12.1 Å². The highest BCUT2D eigenvalue weighted by atomic mass is 35.5. The first-order chi connectivity index (χ1) is 9.09. The van der Waals surface area contributed by atoms with Crippen LogP contribution in [0.15, 0.2) is 42.5 Å². The summed E-state index contributed by atoms with van der Waals surface area (Å²) in [5, 5.41) is 3.49. The Morgan fingerprint density at radius 3 is 2.63 bits per heavy atom. The van der Waals surface area contributed by atoms with Crippen molar-refractivity contribution in [2.45, 2.75) is 26.4 Å². The molecule has 0 amide bonds. The molecule has 0 fully saturated rings. The van der Waals surface area contributed by atoms with Gasteiger partial charge < -0.3 is 5.32 Å². The van der Waals surface area contributed by atoms with Gasteiger partial charge in [-0.05, 0) is 31.0 Å². The average Bonchev–Trinajstić information content (AvgIpc) is 2.40.